The lowest BCUT2D eigenvalue weighted by atomic mass is 10.0. The number of nitrogens with zero attached hydrogens (tertiary/aromatic N) is 6. The number of aromatic nitrogens is 5. The van der Waals surface area contributed by atoms with Gasteiger partial charge in [0.1, 0.15) is 6.04 Å². The highest BCUT2D eigenvalue weighted by Gasteiger charge is 2.30. The van der Waals surface area contributed by atoms with Crippen LogP contribution in [0.15, 0.2) is 53.2 Å². The molecule has 0 aliphatic carbocycles. The van der Waals surface area contributed by atoms with E-state index in [-0.39, 0.29) is 42.4 Å². The molecular formula is C28H32N8O4. The Kier molecular flexibility index (Phi) is 7.85. The molecule has 4 aromatic rings. The average molecular weight is 545 g/mol. The van der Waals surface area contributed by atoms with E-state index in [0.717, 1.165) is 5.56 Å². The molecule has 5 rings (SSSR count). The first kappa shape index (κ1) is 27.0. The maximum atomic E-state index is 13.7. The van der Waals surface area contributed by atoms with Crippen LogP contribution in [0.25, 0.3) is 22.4 Å². The van der Waals surface area contributed by atoms with Gasteiger partial charge in [-0.25, -0.2) is 14.6 Å². The van der Waals surface area contributed by atoms with Crippen molar-refractivity contribution in [3.8, 4) is 11.4 Å². The molecular weight excluding hydrogens is 512 g/mol. The molecule has 40 heavy (non-hydrogen) atoms. The Hall–Kier alpha value is -4.61. The van der Waals surface area contributed by atoms with Crippen LogP contribution in [0.5, 0.6) is 0 Å². The molecule has 2 atom stereocenters. The van der Waals surface area contributed by atoms with Gasteiger partial charge in [0.25, 0.3) is 5.91 Å². The molecule has 2 N–H and O–H groups in total. The highest BCUT2D eigenvalue weighted by Crippen LogP contribution is 2.25. The number of nitrogens with one attached hydrogen (secondary N) is 2. The monoisotopic (exact) mass is 544 g/mol. The summed E-state index contributed by atoms with van der Waals surface area (Å²) in [6.07, 6.45) is 2.13. The van der Waals surface area contributed by atoms with Crippen LogP contribution in [0.4, 0.5) is 0 Å². The van der Waals surface area contributed by atoms with E-state index >= 15 is 0 Å². The molecule has 3 amide bonds. The average Bonchev–Trinajstić information content (AvgIpc) is 3.57. The minimum atomic E-state index is -0.743. The van der Waals surface area contributed by atoms with Gasteiger partial charge in [0.05, 0.1) is 18.0 Å². The quantitative estimate of drug-likeness (QED) is 0.400. The third-order valence-electron chi connectivity index (χ3n) is 6.90. The number of hydrogen-bond donors (Lipinski definition) is 2. The van der Waals surface area contributed by atoms with Crippen LogP contribution < -0.4 is 10.6 Å². The van der Waals surface area contributed by atoms with Gasteiger partial charge in [0.15, 0.2) is 11.6 Å². The number of amides is 3. The SMILES string of the molecule is CC(C)[C@@H]1NC(=O)[C@@H](C)NC(=O)CCCN(C(=O)c2onc3ncccc23)CCn2nc(-c3ccccc3)nc21. The number of carbonyl (C=O) groups excluding carboxylic acids is 3. The fourth-order valence-electron chi connectivity index (χ4n) is 4.69. The molecule has 1 aliphatic heterocycles. The second-order valence-corrected chi connectivity index (χ2v) is 10.2. The van der Waals surface area contributed by atoms with Gasteiger partial charge in [-0.2, -0.15) is 5.10 Å². The van der Waals surface area contributed by atoms with Crippen LogP contribution in [0.1, 0.15) is 56.0 Å². The van der Waals surface area contributed by atoms with Gasteiger partial charge < -0.3 is 20.1 Å². The van der Waals surface area contributed by atoms with E-state index in [1.807, 2.05) is 44.2 Å². The zero-order chi connectivity index (χ0) is 28.2. The van der Waals surface area contributed by atoms with Crippen molar-refractivity contribution in [2.45, 2.75) is 52.2 Å². The zero-order valence-corrected chi connectivity index (χ0v) is 22.7. The first-order chi connectivity index (χ1) is 19.3. The molecule has 0 bridgehead atoms. The highest BCUT2D eigenvalue weighted by molar-refractivity contribution is 6.02. The fraction of sp³-hybridized carbons (Fsp3) is 0.393. The van der Waals surface area contributed by atoms with Gasteiger partial charge in [-0.3, -0.25) is 14.4 Å². The maximum Gasteiger partial charge on any atom is 0.293 e. The van der Waals surface area contributed by atoms with Crippen molar-refractivity contribution in [1.82, 2.24) is 40.4 Å². The lowest BCUT2D eigenvalue weighted by Crippen LogP contribution is -2.47. The second kappa shape index (κ2) is 11.6. The van der Waals surface area contributed by atoms with Crippen LogP contribution in [-0.4, -0.2) is 66.7 Å². The molecule has 12 heteroatoms. The predicted octanol–water partition coefficient (Wildman–Crippen LogP) is 2.74. The Morgan fingerprint density at radius 1 is 1.05 bits per heavy atom. The normalized spacial score (nSPS) is 19.1. The number of fused-ring (bicyclic) bond motifs is 2. The number of pyridine rings is 1. The summed E-state index contributed by atoms with van der Waals surface area (Å²) < 4.78 is 7.15. The molecule has 0 fully saturated rings. The lowest BCUT2D eigenvalue weighted by Gasteiger charge is -2.26. The van der Waals surface area contributed by atoms with Crippen molar-refractivity contribution in [1.29, 1.82) is 0 Å². The summed E-state index contributed by atoms with van der Waals surface area (Å²) in [5.41, 5.74) is 1.19. The fourth-order valence-corrected chi connectivity index (χ4v) is 4.69. The Morgan fingerprint density at radius 2 is 1.85 bits per heavy atom. The first-order valence-corrected chi connectivity index (χ1v) is 13.4. The summed E-state index contributed by atoms with van der Waals surface area (Å²) in [4.78, 5) is 49.9. The Balaban J connectivity index is 1.52. The van der Waals surface area contributed by atoms with Crippen molar-refractivity contribution in [2.75, 3.05) is 13.1 Å². The smallest absolute Gasteiger partial charge is 0.293 e. The van der Waals surface area contributed by atoms with Crippen LogP contribution in [0.3, 0.4) is 0 Å². The number of hydrogen-bond acceptors (Lipinski definition) is 8. The van der Waals surface area contributed by atoms with Gasteiger partial charge in [-0.05, 0) is 31.4 Å². The van der Waals surface area contributed by atoms with E-state index in [2.05, 4.69) is 20.8 Å². The Morgan fingerprint density at radius 3 is 2.62 bits per heavy atom. The van der Waals surface area contributed by atoms with Gasteiger partial charge >= 0.3 is 0 Å². The summed E-state index contributed by atoms with van der Waals surface area (Å²) in [6, 6.07) is 11.8. The highest BCUT2D eigenvalue weighted by atomic mass is 16.5. The van der Waals surface area contributed by atoms with E-state index in [9.17, 15) is 14.4 Å². The van der Waals surface area contributed by atoms with E-state index in [1.165, 1.54) is 0 Å². The third kappa shape index (κ3) is 5.70. The summed E-state index contributed by atoms with van der Waals surface area (Å²) in [7, 11) is 0. The van der Waals surface area contributed by atoms with Gasteiger partial charge in [0.2, 0.25) is 23.2 Å². The number of carbonyl (C=O) groups is 3. The van der Waals surface area contributed by atoms with Crippen LogP contribution in [-0.2, 0) is 16.1 Å². The molecule has 0 saturated heterocycles. The molecule has 0 spiro atoms. The molecule has 1 aromatic carbocycles. The minimum Gasteiger partial charge on any atom is -0.348 e. The van der Waals surface area contributed by atoms with Crippen molar-refractivity contribution in [2.24, 2.45) is 5.92 Å². The van der Waals surface area contributed by atoms with Crippen molar-refractivity contribution in [3.05, 3.63) is 60.2 Å². The molecule has 12 nitrogen and oxygen atoms in total. The number of benzene rings is 1. The van der Waals surface area contributed by atoms with Crippen molar-refractivity contribution in [3.63, 3.8) is 0 Å². The van der Waals surface area contributed by atoms with E-state index in [4.69, 9.17) is 14.6 Å². The van der Waals surface area contributed by atoms with Crippen LogP contribution in [0.2, 0.25) is 0 Å². The standard InChI is InChI=1S/C28H32N8O4/c1-17(2)22-26-32-24(19-9-5-4-6-10-19)33-36(26)16-15-35(14-8-12-21(37)30-18(3)27(38)31-22)28(39)23-20-11-7-13-29-25(20)34-40-23/h4-7,9-11,13,17-18,22H,8,12,14-16H2,1-3H3,(H,30,37)(H,31,38)/t18-,22+/m1/s1. The van der Waals surface area contributed by atoms with E-state index in [1.54, 1.807) is 34.8 Å². The van der Waals surface area contributed by atoms with Gasteiger partial charge in [-0.1, -0.05) is 49.3 Å². The molecule has 0 saturated carbocycles. The van der Waals surface area contributed by atoms with Crippen LogP contribution in [0, 0.1) is 5.92 Å². The topological polar surface area (TPSA) is 148 Å². The first-order valence-electron chi connectivity index (χ1n) is 13.4. The molecule has 208 valence electrons. The van der Waals surface area contributed by atoms with Crippen LogP contribution >= 0.6 is 0 Å². The minimum absolute atomic E-state index is 0.0304. The van der Waals surface area contributed by atoms with Crippen molar-refractivity contribution >= 4 is 28.8 Å². The van der Waals surface area contributed by atoms with E-state index < -0.39 is 12.1 Å². The summed E-state index contributed by atoms with van der Waals surface area (Å²) in [5.74, 6) is 0.232. The summed E-state index contributed by atoms with van der Waals surface area (Å²) >= 11 is 0. The molecule has 4 heterocycles. The molecule has 3 aromatic heterocycles. The van der Waals surface area contributed by atoms with Crippen molar-refractivity contribution < 1.29 is 18.9 Å². The Bertz CT molecular complexity index is 1510. The van der Waals surface area contributed by atoms with Gasteiger partial charge in [0, 0.05) is 31.3 Å². The predicted molar refractivity (Wildman–Crippen MR) is 146 cm³/mol. The Labute approximate surface area is 231 Å². The summed E-state index contributed by atoms with van der Waals surface area (Å²) in [5, 5.41) is 15.0. The third-order valence-corrected chi connectivity index (χ3v) is 6.90. The molecule has 1 aliphatic rings. The zero-order valence-electron chi connectivity index (χ0n) is 22.7. The maximum absolute atomic E-state index is 13.7. The largest absolute Gasteiger partial charge is 0.348 e. The van der Waals surface area contributed by atoms with Gasteiger partial charge in [-0.15, -0.1) is 0 Å². The second-order valence-electron chi connectivity index (χ2n) is 10.2. The van der Waals surface area contributed by atoms with E-state index in [0.29, 0.717) is 42.2 Å². The molecule has 0 unspecified atom stereocenters. The number of rotatable bonds is 3. The molecule has 0 radical (unpaired) electrons. The summed E-state index contributed by atoms with van der Waals surface area (Å²) in [6.45, 7) is 6.48. The lowest BCUT2D eigenvalue weighted by molar-refractivity contribution is -0.129.